The van der Waals surface area contributed by atoms with Gasteiger partial charge >= 0.3 is 0 Å². The van der Waals surface area contributed by atoms with E-state index in [0.29, 0.717) is 12.0 Å². The molecule has 0 aliphatic carbocycles. The zero-order valence-electron chi connectivity index (χ0n) is 16.1. The molecule has 1 N–H and O–H groups in total. The lowest BCUT2D eigenvalue weighted by atomic mass is 9.78. The Hall–Kier alpha value is -0.770. The maximum Gasteiger partial charge on any atom is 0.193 e. The lowest BCUT2D eigenvalue weighted by molar-refractivity contribution is -0.0836. The molecule has 0 spiro atoms. The van der Waals surface area contributed by atoms with Crippen molar-refractivity contribution in [3.63, 3.8) is 0 Å². The average molecular weight is 324 g/mol. The second-order valence-corrected chi connectivity index (χ2v) is 8.84. The topological polar surface area (TPSA) is 36.9 Å². The molecule has 0 aromatic heterocycles. The van der Waals surface area contributed by atoms with Crippen LogP contribution in [0.2, 0.25) is 0 Å². The van der Waals surface area contributed by atoms with Crippen LogP contribution in [0.15, 0.2) is 4.99 Å². The van der Waals surface area contributed by atoms with Gasteiger partial charge in [-0.05, 0) is 36.5 Å². The van der Waals surface area contributed by atoms with Gasteiger partial charge in [0.1, 0.15) is 0 Å². The summed E-state index contributed by atoms with van der Waals surface area (Å²) in [6, 6.07) is 0. The predicted molar refractivity (Wildman–Crippen MR) is 97.8 cm³/mol. The Labute approximate surface area is 143 Å². The van der Waals surface area contributed by atoms with Gasteiger partial charge in [0.2, 0.25) is 0 Å². The number of nitrogens with zero attached hydrogens (tertiary/aromatic N) is 2. The average Bonchev–Trinajstić information content (AvgIpc) is 2.46. The van der Waals surface area contributed by atoms with Gasteiger partial charge in [0.05, 0.1) is 6.10 Å². The van der Waals surface area contributed by atoms with Crippen LogP contribution in [-0.2, 0) is 4.74 Å². The molecule has 2 heterocycles. The molecule has 2 aliphatic heterocycles. The molecule has 0 radical (unpaired) electrons. The van der Waals surface area contributed by atoms with Crippen molar-refractivity contribution in [1.29, 1.82) is 0 Å². The normalized spacial score (nSPS) is 33.7. The molecule has 0 aromatic rings. The first-order chi connectivity index (χ1) is 10.8. The molecule has 134 valence electrons. The molecule has 2 fully saturated rings. The smallest absolute Gasteiger partial charge is 0.193 e. The minimum Gasteiger partial charge on any atom is -0.377 e. The summed E-state index contributed by atoms with van der Waals surface area (Å²) in [5, 5.41) is 3.65. The molecule has 4 nitrogen and oxygen atoms in total. The Balaban J connectivity index is 1.94. The Bertz CT molecular complexity index is 392. The lowest BCUT2D eigenvalue weighted by Gasteiger charge is -2.41. The lowest BCUT2D eigenvalue weighted by Crippen LogP contribution is -2.51. The monoisotopic (exact) mass is 323 g/mol. The van der Waals surface area contributed by atoms with Gasteiger partial charge in [-0.3, -0.25) is 4.99 Å². The summed E-state index contributed by atoms with van der Waals surface area (Å²) in [7, 11) is 1.91. The summed E-state index contributed by atoms with van der Waals surface area (Å²) in [4.78, 5) is 6.98. The van der Waals surface area contributed by atoms with E-state index in [1.807, 2.05) is 7.05 Å². The van der Waals surface area contributed by atoms with Crippen LogP contribution in [-0.4, -0.2) is 50.3 Å². The third-order valence-electron chi connectivity index (χ3n) is 5.20. The van der Waals surface area contributed by atoms with E-state index in [1.54, 1.807) is 0 Å². The van der Waals surface area contributed by atoms with Gasteiger partial charge in [-0.1, -0.05) is 34.6 Å². The Morgan fingerprint density at radius 2 is 1.87 bits per heavy atom. The number of ether oxygens (including phenoxy) is 1. The Morgan fingerprint density at radius 1 is 1.22 bits per heavy atom. The molecule has 4 unspecified atom stereocenters. The maximum absolute atomic E-state index is 6.11. The van der Waals surface area contributed by atoms with Crippen LogP contribution < -0.4 is 5.32 Å². The molecule has 0 saturated carbocycles. The highest BCUT2D eigenvalue weighted by molar-refractivity contribution is 5.80. The van der Waals surface area contributed by atoms with Crippen molar-refractivity contribution < 1.29 is 4.74 Å². The summed E-state index contributed by atoms with van der Waals surface area (Å²) in [6.07, 6.45) is 4.09. The van der Waals surface area contributed by atoms with Crippen molar-refractivity contribution in [3.8, 4) is 0 Å². The molecule has 2 saturated heterocycles. The standard InChI is InChI=1S/C19H37N3O/c1-14-10-15(2)13-22(12-14)18(20-6)21-11-16-8-7-9-23-17(16)19(3,4)5/h14-17H,7-13H2,1-6H3,(H,20,21). The first kappa shape index (κ1) is 18.6. The molecule has 2 aliphatic rings. The fraction of sp³-hybridized carbons (Fsp3) is 0.947. The number of aliphatic imine (C=N–C) groups is 1. The molecule has 2 rings (SSSR count). The number of piperidine rings is 1. The van der Waals surface area contributed by atoms with Crippen LogP contribution in [0.25, 0.3) is 0 Å². The summed E-state index contributed by atoms with van der Waals surface area (Å²) in [5.41, 5.74) is 0.199. The maximum atomic E-state index is 6.11. The van der Waals surface area contributed by atoms with Gasteiger partial charge in [0, 0.05) is 39.2 Å². The van der Waals surface area contributed by atoms with Gasteiger partial charge in [-0.25, -0.2) is 0 Å². The van der Waals surface area contributed by atoms with Crippen molar-refractivity contribution in [2.24, 2.45) is 28.2 Å². The van der Waals surface area contributed by atoms with Crippen molar-refractivity contribution in [2.75, 3.05) is 33.3 Å². The van der Waals surface area contributed by atoms with Crippen molar-refractivity contribution in [1.82, 2.24) is 10.2 Å². The summed E-state index contributed by atoms with van der Waals surface area (Å²) >= 11 is 0. The second kappa shape index (κ2) is 7.87. The summed E-state index contributed by atoms with van der Waals surface area (Å²) in [5.74, 6) is 3.14. The highest BCUT2D eigenvalue weighted by atomic mass is 16.5. The van der Waals surface area contributed by atoms with Crippen LogP contribution in [0.3, 0.4) is 0 Å². The summed E-state index contributed by atoms with van der Waals surface area (Å²) < 4.78 is 6.11. The van der Waals surface area contributed by atoms with Crippen molar-refractivity contribution >= 4 is 5.96 Å². The van der Waals surface area contributed by atoms with Gasteiger partial charge in [-0.2, -0.15) is 0 Å². The second-order valence-electron chi connectivity index (χ2n) is 8.84. The van der Waals surface area contributed by atoms with Crippen LogP contribution in [0.1, 0.15) is 53.9 Å². The highest BCUT2D eigenvalue weighted by Gasteiger charge is 2.35. The molecular weight excluding hydrogens is 286 g/mol. The summed E-state index contributed by atoms with van der Waals surface area (Å²) in [6.45, 7) is 15.7. The van der Waals surface area contributed by atoms with E-state index in [-0.39, 0.29) is 5.41 Å². The van der Waals surface area contributed by atoms with Crippen LogP contribution in [0.4, 0.5) is 0 Å². The van der Waals surface area contributed by atoms with Crippen molar-refractivity contribution in [3.05, 3.63) is 0 Å². The molecule has 0 bridgehead atoms. The van der Waals surface area contributed by atoms with E-state index in [1.165, 1.54) is 19.3 Å². The van der Waals surface area contributed by atoms with Crippen LogP contribution in [0.5, 0.6) is 0 Å². The number of hydrogen-bond donors (Lipinski definition) is 1. The zero-order chi connectivity index (χ0) is 17.0. The van der Waals surface area contributed by atoms with E-state index in [0.717, 1.165) is 44.0 Å². The van der Waals surface area contributed by atoms with Crippen molar-refractivity contribution in [2.45, 2.75) is 60.0 Å². The van der Waals surface area contributed by atoms with E-state index in [9.17, 15) is 0 Å². The quantitative estimate of drug-likeness (QED) is 0.625. The number of rotatable bonds is 2. The fourth-order valence-corrected chi connectivity index (χ4v) is 4.40. The largest absolute Gasteiger partial charge is 0.377 e. The third-order valence-corrected chi connectivity index (χ3v) is 5.20. The number of nitrogens with one attached hydrogen (secondary N) is 1. The minimum atomic E-state index is 0.199. The molecular formula is C19H37N3O. The van der Waals surface area contributed by atoms with E-state index >= 15 is 0 Å². The van der Waals surface area contributed by atoms with Crippen LogP contribution >= 0.6 is 0 Å². The van der Waals surface area contributed by atoms with Gasteiger partial charge in [0.15, 0.2) is 5.96 Å². The van der Waals surface area contributed by atoms with E-state index in [2.05, 4.69) is 49.8 Å². The van der Waals surface area contributed by atoms with Gasteiger partial charge < -0.3 is 15.0 Å². The Kier molecular flexibility index (Phi) is 6.35. The highest BCUT2D eigenvalue weighted by Crippen LogP contribution is 2.33. The molecule has 23 heavy (non-hydrogen) atoms. The van der Waals surface area contributed by atoms with Gasteiger partial charge in [0.25, 0.3) is 0 Å². The number of hydrogen-bond acceptors (Lipinski definition) is 2. The SMILES string of the molecule is CN=C(NCC1CCCOC1C(C)(C)C)N1CC(C)CC(C)C1. The zero-order valence-corrected chi connectivity index (χ0v) is 16.1. The van der Waals surface area contributed by atoms with E-state index in [4.69, 9.17) is 4.74 Å². The Morgan fingerprint density at radius 3 is 2.43 bits per heavy atom. The van der Waals surface area contributed by atoms with Gasteiger partial charge in [-0.15, -0.1) is 0 Å². The fourth-order valence-electron chi connectivity index (χ4n) is 4.40. The molecule has 4 atom stereocenters. The molecule has 4 heteroatoms. The van der Waals surface area contributed by atoms with E-state index < -0.39 is 0 Å². The molecule has 0 aromatic carbocycles. The number of guanidine groups is 1. The minimum absolute atomic E-state index is 0.199. The number of likely N-dealkylation sites (tertiary alicyclic amines) is 1. The van der Waals surface area contributed by atoms with Crippen LogP contribution in [0, 0.1) is 23.2 Å². The first-order valence-electron chi connectivity index (χ1n) is 9.38. The molecule has 0 amide bonds. The first-order valence-corrected chi connectivity index (χ1v) is 9.38. The third kappa shape index (κ3) is 5.10. The predicted octanol–water partition coefficient (Wildman–Crippen LogP) is 3.38.